The Balaban J connectivity index is 1.16. The maximum Gasteiger partial charge on any atom is 0.261 e. The Labute approximate surface area is 365 Å². The van der Waals surface area contributed by atoms with Gasteiger partial charge >= 0.3 is 0 Å². The molecule has 302 valence electrons. The molecule has 0 radical (unpaired) electrons. The summed E-state index contributed by atoms with van der Waals surface area (Å²) in [7, 11) is -8.88. The van der Waals surface area contributed by atoms with E-state index in [1.165, 1.54) is 30.3 Å². The van der Waals surface area contributed by atoms with Crippen molar-refractivity contribution in [1.82, 2.24) is 9.97 Å². The van der Waals surface area contributed by atoms with Gasteiger partial charge in [0.15, 0.2) is 23.3 Å². The molecule has 8 rings (SSSR count). The maximum atomic E-state index is 14.0. The van der Waals surface area contributed by atoms with E-state index < -0.39 is 24.9 Å². The summed E-state index contributed by atoms with van der Waals surface area (Å²) in [5.41, 5.74) is 4.35. The number of nitrogens with one attached hydrogen (secondary N) is 1. The highest BCUT2D eigenvalue weighted by Crippen LogP contribution is 2.40. The molecule has 0 saturated heterocycles. The molecule has 0 aliphatic heterocycles. The molecule has 0 saturated carbocycles. The van der Waals surface area contributed by atoms with Gasteiger partial charge in [0.05, 0.1) is 20.6 Å². The SMILES string of the molecule is NS(=O)(=O)c1ccc(-c2oc(Cc3ccccc3)nc2-c2cc(Cl)cc(Cl)c2)cc1NS(=O)(=O)c1ccc(-c2oc(Cc3ccccc3)nc2-c2ccc(Cl)c(Cl)c2)cc1. The van der Waals surface area contributed by atoms with Crippen LogP contribution in [0.3, 0.4) is 0 Å². The van der Waals surface area contributed by atoms with Crippen LogP contribution in [0.5, 0.6) is 0 Å². The lowest BCUT2D eigenvalue weighted by molar-refractivity contribution is 0.519. The Morgan fingerprint density at radius 2 is 1.05 bits per heavy atom. The van der Waals surface area contributed by atoms with Crippen molar-refractivity contribution >= 4 is 72.1 Å². The molecule has 10 nitrogen and oxygen atoms in total. The van der Waals surface area contributed by atoms with Crippen molar-refractivity contribution in [2.45, 2.75) is 22.6 Å². The summed E-state index contributed by atoms with van der Waals surface area (Å²) >= 11 is 25.3. The average Bonchev–Trinajstić information content (AvgIpc) is 3.83. The van der Waals surface area contributed by atoms with E-state index in [4.69, 9.17) is 70.3 Å². The number of rotatable bonds is 12. The largest absolute Gasteiger partial charge is 0.440 e. The number of aromatic nitrogens is 2. The van der Waals surface area contributed by atoms with Gasteiger partial charge in [-0.05, 0) is 83.9 Å². The third-order valence-corrected chi connectivity index (χ3v) is 12.8. The van der Waals surface area contributed by atoms with E-state index in [0.717, 1.165) is 11.1 Å². The molecule has 6 aromatic carbocycles. The summed E-state index contributed by atoms with van der Waals surface area (Å²) in [4.78, 5) is 8.88. The van der Waals surface area contributed by atoms with Crippen LogP contribution in [0.25, 0.3) is 45.2 Å². The summed E-state index contributed by atoms with van der Waals surface area (Å²) in [5.74, 6) is 1.34. The van der Waals surface area contributed by atoms with E-state index in [0.29, 0.717) is 84.1 Å². The number of nitrogens with two attached hydrogens (primary N) is 1. The molecule has 0 spiro atoms. The molecule has 0 aliphatic carbocycles. The number of anilines is 1. The predicted octanol–water partition coefficient (Wildman–Crippen LogP) is 11.6. The van der Waals surface area contributed by atoms with E-state index >= 15 is 0 Å². The van der Waals surface area contributed by atoms with Crippen LogP contribution >= 0.6 is 46.4 Å². The lowest BCUT2D eigenvalue weighted by atomic mass is 10.1. The van der Waals surface area contributed by atoms with Crippen LogP contribution in [0.2, 0.25) is 20.1 Å². The van der Waals surface area contributed by atoms with Crippen molar-refractivity contribution in [1.29, 1.82) is 0 Å². The van der Waals surface area contributed by atoms with Gasteiger partial charge in [-0.2, -0.15) is 0 Å². The lowest BCUT2D eigenvalue weighted by Gasteiger charge is -2.14. The second kappa shape index (κ2) is 16.9. The minimum absolute atomic E-state index is 0.184. The van der Waals surface area contributed by atoms with E-state index in [1.807, 2.05) is 60.7 Å². The van der Waals surface area contributed by atoms with Crippen LogP contribution in [-0.2, 0) is 32.9 Å². The molecule has 0 fully saturated rings. The van der Waals surface area contributed by atoms with Crippen LogP contribution in [0.1, 0.15) is 22.9 Å². The van der Waals surface area contributed by atoms with Gasteiger partial charge in [0.2, 0.25) is 10.0 Å². The Bertz CT molecular complexity index is 3090. The molecule has 2 aromatic heterocycles. The monoisotopic (exact) mass is 914 g/mol. The van der Waals surface area contributed by atoms with Gasteiger partial charge in [-0.15, -0.1) is 0 Å². The Morgan fingerprint density at radius 3 is 1.60 bits per heavy atom. The van der Waals surface area contributed by atoms with Gasteiger partial charge in [0.25, 0.3) is 10.0 Å². The van der Waals surface area contributed by atoms with E-state index in [1.54, 1.807) is 48.5 Å². The van der Waals surface area contributed by atoms with Crippen molar-refractivity contribution in [3.05, 3.63) is 183 Å². The van der Waals surface area contributed by atoms with Crippen molar-refractivity contribution in [2.24, 2.45) is 5.14 Å². The van der Waals surface area contributed by atoms with E-state index in [2.05, 4.69) is 4.72 Å². The lowest BCUT2D eigenvalue weighted by Crippen LogP contribution is -2.19. The zero-order valence-corrected chi connectivity index (χ0v) is 35.6. The van der Waals surface area contributed by atoms with Gasteiger partial charge in [0.1, 0.15) is 16.3 Å². The van der Waals surface area contributed by atoms with Gasteiger partial charge in [-0.25, -0.2) is 31.9 Å². The third kappa shape index (κ3) is 9.15. The molecule has 16 heteroatoms. The predicted molar refractivity (Wildman–Crippen MR) is 235 cm³/mol. The van der Waals surface area contributed by atoms with Crippen molar-refractivity contribution < 1.29 is 25.7 Å². The first-order valence-corrected chi connectivity index (χ1v) is 22.5. The normalized spacial score (nSPS) is 11.8. The highest BCUT2D eigenvalue weighted by molar-refractivity contribution is 7.93. The Kier molecular flexibility index (Phi) is 11.6. The molecule has 0 bridgehead atoms. The highest BCUT2D eigenvalue weighted by atomic mass is 35.5. The molecular weight excluding hydrogens is 886 g/mol. The third-order valence-electron chi connectivity index (χ3n) is 9.29. The standard InChI is InChI=1S/C44H30Cl4N4O6S2/c45-32-21-31(22-33(46)25-32)42-44(58-40(51-42)20-27-9-5-2-6-10-27)30-14-18-38(59(49,53)54)37(24-30)52-60(55,56)34-15-11-28(12-16-34)43-41(29-13-17-35(47)36(48)23-29)50-39(57-43)19-26-7-3-1-4-8-26/h1-18,21-25,52H,19-20H2,(H2,49,53,54). The average molecular weight is 917 g/mol. The fourth-order valence-corrected chi connectivity index (χ4v) is 9.16. The minimum atomic E-state index is -4.44. The molecule has 0 unspecified atom stereocenters. The van der Waals surface area contributed by atoms with Crippen LogP contribution in [-0.4, -0.2) is 26.8 Å². The molecule has 0 aliphatic rings. The zero-order valence-electron chi connectivity index (χ0n) is 30.9. The quantitative estimate of drug-likeness (QED) is 0.123. The second-order valence-electron chi connectivity index (χ2n) is 13.6. The molecule has 0 amide bonds. The first-order valence-electron chi connectivity index (χ1n) is 18.0. The topological polar surface area (TPSA) is 158 Å². The number of halogens is 4. The Hall–Kier alpha value is -5.44. The highest BCUT2D eigenvalue weighted by Gasteiger charge is 2.26. The van der Waals surface area contributed by atoms with Crippen LogP contribution < -0.4 is 9.86 Å². The van der Waals surface area contributed by atoms with Crippen LogP contribution in [0.4, 0.5) is 5.69 Å². The van der Waals surface area contributed by atoms with Crippen molar-refractivity contribution in [3.63, 3.8) is 0 Å². The molecule has 2 heterocycles. The minimum Gasteiger partial charge on any atom is -0.440 e. The molecule has 8 aromatic rings. The number of nitrogens with zero attached hydrogens (tertiary/aromatic N) is 2. The first kappa shape index (κ1) is 41.3. The summed E-state index contributed by atoms with van der Waals surface area (Å²) in [6.45, 7) is 0. The number of hydrogen-bond acceptors (Lipinski definition) is 8. The Morgan fingerprint density at radius 1 is 0.533 bits per heavy atom. The van der Waals surface area contributed by atoms with Crippen LogP contribution in [0.15, 0.2) is 158 Å². The number of primary sulfonamides is 1. The summed E-state index contributed by atoms with van der Waals surface area (Å²) in [6.07, 6.45) is 0.720. The summed E-state index contributed by atoms with van der Waals surface area (Å²) in [5, 5.41) is 6.99. The first-order chi connectivity index (χ1) is 28.7. The van der Waals surface area contributed by atoms with Crippen molar-refractivity contribution in [2.75, 3.05) is 4.72 Å². The summed E-state index contributed by atoms with van der Waals surface area (Å²) < 4.78 is 68.8. The molecule has 60 heavy (non-hydrogen) atoms. The molecule has 3 N–H and O–H groups in total. The van der Waals surface area contributed by atoms with Gasteiger partial charge in [-0.1, -0.05) is 113 Å². The summed E-state index contributed by atoms with van der Waals surface area (Å²) in [6, 6.07) is 39.0. The van der Waals surface area contributed by atoms with Gasteiger partial charge in [0, 0.05) is 45.1 Å². The number of benzene rings is 6. The number of hydrogen-bond donors (Lipinski definition) is 2. The van der Waals surface area contributed by atoms with Gasteiger partial charge < -0.3 is 8.83 Å². The number of sulfonamides is 2. The fraction of sp³-hybridized carbons (Fsp3) is 0.0455. The van der Waals surface area contributed by atoms with Gasteiger partial charge in [-0.3, -0.25) is 4.72 Å². The zero-order chi connectivity index (χ0) is 42.2. The van der Waals surface area contributed by atoms with E-state index in [-0.39, 0.29) is 16.3 Å². The van der Waals surface area contributed by atoms with Crippen molar-refractivity contribution in [3.8, 4) is 45.2 Å². The number of oxazole rings is 2. The molecule has 0 atom stereocenters. The fourth-order valence-electron chi connectivity index (χ4n) is 6.53. The van der Waals surface area contributed by atoms with E-state index in [9.17, 15) is 16.8 Å². The maximum absolute atomic E-state index is 14.0. The van der Waals surface area contributed by atoms with Crippen LogP contribution in [0, 0.1) is 0 Å². The smallest absolute Gasteiger partial charge is 0.261 e. The molecular formula is C44H30Cl4N4O6S2. The second-order valence-corrected chi connectivity index (χ2v) is 18.5.